The second-order valence-electron chi connectivity index (χ2n) is 6.73. The fourth-order valence-electron chi connectivity index (χ4n) is 4.14. The van der Waals surface area contributed by atoms with Crippen LogP contribution in [0.15, 0.2) is 24.3 Å². The Labute approximate surface area is 147 Å². The molecule has 4 rings (SSSR count). The van der Waals surface area contributed by atoms with E-state index in [1.165, 1.54) is 34.6 Å². The van der Waals surface area contributed by atoms with Gasteiger partial charge in [-0.3, -0.25) is 0 Å². The zero-order valence-electron chi connectivity index (χ0n) is 14.5. The molecular formula is C20H24O3S. The summed E-state index contributed by atoms with van der Waals surface area (Å²) >= 11 is 1.95. The molecule has 2 heterocycles. The minimum absolute atomic E-state index is 0.0608. The summed E-state index contributed by atoms with van der Waals surface area (Å²) in [5.74, 6) is 2.28. The minimum Gasteiger partial charge on any atom is -0.497 e. The van der Waals surface area contributed by atoms with Gasteiger partial charge in [0.2, 0.25) is 0 Å². The van der Waals surface area contributed by atoms with Crippen molar-refractivity contribution >= 4 is 11.3 Å². The summed E-state index contributed by atoms with van der Waals surface area (Å²) in [4.78, 5) is 2.89. The van der Waals surface area contributed by atoms with E-state index in [0.717, 1.165) is 23.5 Å². The number of benzene rings is 1. The lowest BCUT2D eigenvalue weighted by molar-refractivity contribution is -0.0382. The van der Waals surface area contributed by atoms with E-state index in [1.807, 2.05) is 23.5 Å². The smallest absolute Gasteiger partial charge is 0.125 e. The zero-order chi connectivity index (χ0) is 16.7. The molecule has 1 fully saturated rings. The molecule has 0 N–H and O–H groups in total. The first kappa shape index (κ1) is 16.0. The fraction of sp³-hybridized carbons (Fsp3) is 0.500. The molecule has 3 nitrogen and oxygen atoms in total. The van der Waals surface area contributed by atoms with Crippen molar-refractivity contribution in [3.8, 4) is 11.5 Å². The van der Waals surface area contributed by atoms with E-state index in [-0.39, 0.29) is 6.10 Å². The number of ether oxygens (including phenoxy) is 3. The SMILES string of the molecule is COc1ccc(OC)c(C2OC3CCCCC3c3sc(C)cc32)c1. The van der Waals surface area contributed by atoms with Gasteiger partial charge < -0.3 is 14.2 Å². The zero-order valence-corrected chi connectivity index (χ0v) is 15.3. The molecule has 3 unspecified atom stereocenters. The minimum atomic E-state index is -0.0608. The third kappa shape index (κ3) is 2.62. The molecule has 1 aliphatic carbocycles. The maximum atomic E-state index is 6.63. The predicted molar refractivity (Wildman–Crippen MR) is 96.5 cm³/mol. The molecule has 3 atom stereocenters. The fourth-order valence-corrected chi connectivity index (χ4v) is 5.38. The summed E-state index contributed by atoms with van der Waals surface area (Å²) in [5, 5.41) is 0. The van der Waals surface area contributed by atoms with Crippen molar-refractivity contribution in [3.05, 3.63) is 45.1 Å². The van der Waals surface area contributed by atoms with Gasteiger partial charge in [-0.1, -0.05) is 12.8 Å². The highest BCUT2D eigenvalue weighted by Gasteiger charge is 2.40. The summed E-state index contributed by atoms with van der Waals surface area (Å²) in [6, 6.07) is 8.27. The first-order valence-corrected chi connectivity index (χ1v) is 9.50. The molecule has 0 bridgehead atoms. The molecule has 0 saturated heterocycles. The number of hydrogen-bond acceptors (Lipinski definition) is 4. The van der Waals surface area contributed by atoms with Crippen LogP contribution in [0.4, 0.5) is 0 Å². The summed E-state index contributed by atoms with van der Waals surface area (Å²) in [7, 11) is 3.42. The molecule has 1 aliphatic heterocycles. The quantitative estimate of drug-likeness (QED) is 0.764. The average Bonchev–Trinajstić information content (AvgIpc) is 3.02. The average molecular weight is 344 g/mol. The lowest BCUT2D eigenvalue weighted by Gasteiger charge is -2.39. The van der Waals surface area contributed by atoms with Crippen LogP contribution in [0, 0.1) is 6.92 Å². The molecule has 0 spiro atoms. The van der Waals surface area contributed by atoms with Crippen molar-refractivity contribution in [2.75, 3.05) is 14.2 Å². The summed E-state index contributed by atoms with van der Waals surface area (Å²) in [6.07, 6.45) is 5.25. The third-order valence-corrected chi connectivity index (χ3v) is 6.46. The van der Waals surface area contributed by atoms with Crippen LogP contribution in [0.25, 0.3) is 0 Å². The van der Waals surface area contributed by atoms with Gasteiger partial charge >= 0.3 is 0 Å². The molecular weight excluding hydrogens is 320 g/mol. The van der Waals surface area contributed by atoms with E-state index in [9.17, 15) is 0 Å². The van der Waals surface area contributed by atoms with E-state index in [1.54, 1.807) is 14.2 Å². The second kappa shape index (κ2) is 6.41. The number of fused-ring (bicyclic) bond motifs is 3. The van der Waals surface area contributed by atoms with E-state index >= 15 is 0 Å². The van der Waals surface area contributed by atoms with Crippen LogP contribution in [0.1, 0.15) is 58.6 Å². The van der Waals surface area contributed by atoms with Crippen molar-refractivity contribution in [3.63, 3.8) is 0 Å². The topological polar surface area (TPSA) is 27.7 Å². The Balaban J connectivity index is 1.83. The van der Waals surface area contributed by atoms with E-state index in [4.69, 9.17) is 14.2 Å². The number of aryl methyl sites for hydroxylation is 1. The molecule has 24 heavy (non-hydrogen) atoms. The van der Waals surface area contributed by atoms with Gasteiger partial charge in [-0.15, -0.1) is 11.3 Å². The first-order chi connectivity index (χ1) is 11.7. The third-order valence-electron chi connectivity index (χ3n) is 5.27. The number of rotatable bonds is 3. The summed E-state index contributed by atoms with van der Waals surface area (Å²) < 4.78 is 17.7. The number of thiophene rings is 1. The second-order valence-corrected chi connectivity index (χ2v) is 8.02. The maximum Gasteiger partial charge on any atom is 0.125 e. The summed E-state index contributed by atoms with van der Waals surface area (Å²) in [5.41, 5.74) is 2.40. The van der Waals surface area contributed by atoms with Gasteiger partial charge in [0.15, 0.2) is 0 Å². The Morgan fingerprint density at radius 1 is 1.04 bits per heavy atom. The van der Waals surface area contributed by atoms with Crippen LogP contribution in [-0.4, -0.2) is 20.3 Å². The van der Waals surface area contributed by atoms with Gasteiger partial charge in [-0.25, -0.2) is 0 Å². The Kier molecular flexibility index (Phi) is 4.27. The monoisotopic (exact) mass is 344 g/mol. The first-order valence-electron chi connectivity index (χ1n) is 8.69. The largest absolute Gasteiger partial charge is 0.497 e. The van der Waals surface area contributed by atoms with Crippen molar-refractivity contribution in [2.45, 2.75) is 50.7 Å². The van der Waals surface area contributed by atoms with Gasteiger partial charge in [0.1, 0.15) is 17.6 Å². The molecule has 2 aliphatic rings. The lowest BCUT2D eigenvalue weighted by Crippen LogP contribution is -2.32. The van der Waals surface area contributed by atoms with Crippen LogP contribution in [0.5, 0.6) is 11.5 Å². The summed E-state index contributed by atoms with van der Waals surface area (Å²) in [6.45, 7) is 2.20. The number of methoxy groups -OCH3 is 2. The lowest BCUT2D eigenvalue weighted by atomic mass is 9.80. The standard InChI is InChI=1S/C20H24O3S/c1-12-10-16-19(15-11-13(21-2)8-9-17(15)22-3)23-18-7-5-4-6-14(18)20(16)24-12/h8-11,14,18-19H,4-7H2,1-3H3. The van der Waals surface area contributed by atoms with Gasteiger partial charge in [0, 0.05) is 21.2 Å². The van der Waals surface area contributed by atoms with Crippen LogP contribution in [0.3, 0.4) is 0 Å². The van der Waals surface area contributed by atoms with Crippen molar-refractivity contribution in [2.24, 2.45) is 0 Å². The van der Waals surface area contributed by atoms with Crippen molar-refractivity contribution in [1.82, 2.24) is 0 Å². The van der Waals surface area contributed by atoms with Gasteiger partial charge in [0.05, 0.1) is 20.3 Å². The van der Waals surface area contributed by atoms with Crippen LogP contribution in [0.2, 0.25) is 0 Å². The van der Waals surface area contributed by atoms with Crippen molar-refractivity contribution < 1.29 is 14.2 Å². The van der Waals surface area contributed by atoms with Crippen LogP contribution >= 0.6 is 11.3 Å². The predicted octanol–water partition coefficient (Wildman–Crippen LogP) is 5.22. The number of hydrogen-bond donors (Lipinski definition) is 0. The molecule has 0 radical (unpaired) electrons. The van der Waals surface area contributed by atoms with E-state index < -0.39 is 0 Å². The van der Waals surface area contributed by atoms with Gasteiger partial charge in [-0.05, 0) is 49.6 Å². The Bertz CT molecular complexity index is 736. The molecule has 4 heteroatoms. The Hall–Kier alpha value is -1.52. The van der Waals surface area contributed by atoms with Gasteiger partial charge in [-0.2, -0.15) is 0 Å². The Morgan fingerprint density at radius 2 is 1.88 bits per heavy atom. The van der Waals surface area contributed by atoms with Crippen LogP contribution < -0.4 is 9.47 Å². The molecule has 2 aromatic rings. The van der Waals surface area contributed by atoms with Gasteiger partial charge in [0.25, 0.3) is 0 Å². The highest BCUT2D eigenvalue weighted by Crippen LogP contribution is 2.51. The maximum absolute atomic E-state index is 6.63. The van der Waals surface area contributed by atoms with Crippen LogP contribution in [-0.2, 0) is 4.74 Å². The molecule has 128 valence electrons. The Morgan fingerprint density at radius 3 is 2.67 bits per heavy atom. The van der Waals surface area contributed by atoms with E-state index in [2.05, 4.69) is 19.1 Å². The molecule has 1 aromatic heterocycles. The molecule has 1 aromatic carbocycles. The normalized spacial score (nSPS) is 25.7. The molecule has 1 saturated carbocycles. The molecule has 0 amide bonds. The highest BCUT2D eigenvalue weighted by molar-refractivity contribution is 7.12. The van der Waals surface area contributed by atoms with Crippen molar-refractivity contribution in [1.29, 1.82) is 0 Å². The highest BCUT2D eigenvalue weighted by atomic mass is 32.1. The van der Waals surface area contributed by atoms with E-state index in [0.29, 0.717) is 12.0 Å².